The van der Waals surface area contributed by atoms with E-state index >= 15 is 0 Å². The number of amides is 1. The van der Waals surface area contributed by atoms with Crippen molar-refractivity contribution in [1.82, 2.24) is 4.90 Å². The Kier molecular flexibility index (Phi) is 6.10. The summed E-state index contributed by atoms with van der Waals surface area (Å²) in [5.41, 5.74) is 3.54. The number of phenolic OH excluding ortho intramolecular Hbond substituents is 1. The number of anilines is 1. The van der Waals surface area contributed by atoms with Crippen LogP contribution in [0.25, 0.3) is 11.1 Å². The van der Waals surface area contributed by atoms with Crippen LogP contribution in [0.2, 0.25) is 0 Å². The molecule has 0 atom stereocenters. The quantitative estimate of drug-likeness (QED) is 0.626. The van der Waals surface area contributed by atoms with Crippen molar-refractivity contribution in [3.63, 3.8) is 0 Å². The first kappa shape index (κ1) is 20.1. The minimum absolute atomic E-state index is 0.0149. The van der Waals surface area contributed by atoms with Crippen molar-refractivity contribution in [3.8, 4) is 16.9 Å². The van der Waals surface area contributed by atoms with Crippen molar-refractivity contribution >= 4 is 11.6 Å². The largest absolute Gasteiger partial charge is 0.508 e. The number of piperidine rings is 1. The minimum Gasteiger partial charge on any atom is -0.508 e. The lowest BCUT2D eigenvalue weighted by Crippen LogP contribution is -2.37. The number of nitrogens with one attached hydrogen (secondary N) is 1. The number of aromatic hydroxyl groups is 1. The molecule has 5 heteroatoms. The third kappa shape index (κ3) is 5.05. The van der Waals surface area contributed by atoms with Gasteiger partial charge in [-0.3, -0.25) is 9.69 Å². The number of likely N-dealkylation sites (tertiary alicyclic amines) is 1. The molecule has 1 saturated heterocycles. The zero-order chi connectivity index (χ0) is 20.9. The maximum atomic E-state index is 13.5. The molecule has 0 spiro atoms. The molecule has 0 aromatic heterocycles. The number of hydrogen-bond acceptors (Lipinski definition) is 3. The molecule has 0 radical (unpaired) electrons. The summed E-state index contributed by atoms with van der Waals surface area (Å²) in [5, 5.41) is 12.4. The highest BCUT2D eigenvalue weighted by atomic mass is 19.1. The zero-order valence-electron chi connectivity index (χ0n) is 16.7. The summed E-state index contributed by atoms with van der Waals surface area (Å²) in [6.45, 7) is 2.55. The van der Waals surface area contributed by atoms with Gasteiger partial charge in [-0.15, -0.1) is 0 Å². The van der Waals surface area contributed by atoms with Gasteiger partial charge in [-0.05, 0) is 79.0 Å². The lowest BCUT2D eigenvalue weighted by molar-refractivity contribution is -0.121. The van der Waals surface area contributed by atoms with Gasteiger partial charge in [0.25, 0.3) is 0 Å². The average molecular weight is 404 g/mol. The molecule has 0 bridgehead atoms. The Hall–Kier alpha value is -3.18. The second kappa shape index (κ2) is 9.09. The number of hydrogen-bond donors (Lipinski definition) is 2. The Balaban J connectivity index is 1.33. The molecule has 2 N–H and O–H groups in total. The predicted octanol–water partition coefficient (Wildman–Crippen LogP) is 5.05. The van der Waals surface area contributed by atoms with Gasteiger partial charge in [0, 0.05) is 18.2 Å². The number of carbonyl (C=O) groups is 1. The van der Waals surface area contributed by atoms with E-state index in [0.29, 0.717) is 0 Å². The fourth-order valence-corrected chi connectivity index (χ4v) is 3.90. The first-order valence-corrected chi connectivity index (χ1v) is 10.2. The summed E-state index contributed by atoms with van der Waals surface area (Å²) in [4.78, 5) is 15.1. The van der Waals surface area contributed by atoms with Crippen molar-refractivity contribution in [2.45, 2.75) is 19.4 Å². The molecule has 154 valence electrons. The highest BCUT2D eigenvalue weighted by molar-refractivity contribution is 5.93. The SMILES string of the molecule is O=C(Nc1cccc(-c2cccc(F)c2)c1)C1CCN(Cc2ccc(O)cc2)CC1. The normalized spacial score (nSPS) is 15.1. The van der Waals surface area contributed by atoms with E-state index in [1.807, 2.05) is 42.5 Å². The summed E-state index contributed by atoms with van der Waals surface area (Å²) in [7, 11) is 0. The maximum absolute atomic E-state index is 13.5. The molecular formula is C25H25FN2O2. The summed E-state index contributed by atoms with van der Waals surface area (Å²) in [6, 6.07) is 21.2. The van der Waals surface area contributed by atoms with E-state index in [0.717, 1.165) is 54.9 Å². The molecule has 3 aromatic rings. The summed E-state index contributed by atoms with van der Waals surface area (Å²) in [5.74, 6) is 0.0196. The van der Waals surface area contributed by atoms with Crippen LogP contribution in [0.5, 0.6) is 5.75 Å². The number of carbonyl (C=O) groups excluding carboxylic acids is 1. The highest BCUT2D eigenvalue weighted by Crippen LogP contribution is 2.25. The molecular weight excluding hydrogens is 379 g/mol. The number of nitrogens with zero attached hydrogens (tertiary/aromatic N) is 1. The van der Waals surface area contributed by atoms with E-state index in [2.05, 4.69) is 10.2 Å². The molecule has 1 aliphatic rings. The predicted molar refractivity (Wildman–Crippen MR) is 117 cm³/mol. The Labute approximate surface area is 176 Å². The van der Waals surface area contributed by atoms with Crippen LogP contribution >= 0.6 is 0 Å². The van der Waals surface area contributed by atoms with Gasteiger partial charge in [0.2, 0.25) is 5.91 Å². The third-order valence-electron chi connectivity index (χ3n) is 5.59. The Morgan fingerprint density at radius 2 is 1.63 bits per heavy atom. The Bertz CT molecular complexity index is 1010. The zero-order valence-corrected chi connectivity index (χ0v) is 16.7. The van der Waals surface area contributed by atoms with Crippen molar-refractivity contribution in [2.75, 3.05) is 18.4 Å². The first-order valence-electron chi connectivity index (χ1n) is 10.2. The van der Waals surface area contributed by atoms with Crippen molar-refractivity contribution in [2.24, 2.45) is 5.92 Å². The topological polar surface area (TPSA) is 52.6 Å². The Morgan fingerprint density at radius 1 is 0.967 bits per heavy atom. The molecule has 3 aromatic carbocycles. The van der Waals surface area contributed by atoms with Gasteiger partial charge < -0.3 is 10.4 Å². The van der Waals surface area contributed by atoms with Gasteiger partial charge in [-0.25, -0.2) is 4.39 Å². The monoisotopic (exact) mass is 404 g/mol. The summed E-state index contributed by atoms with van der Waals surface area (Å²) < 4.78 is 13.5. The van der Waals surface area contributed by atoms with Gasteiger partial charge in [0.1, 0.15) is 11.6 Å². The molecule has 30 heavy (non-hydrogen) atoms. The fourth-order valence-electron chi connectivity index (χ4n) is 3.90. The van der Waals surface area contributed by atoms with Crippen LogP contribution in [0.15, 0.2) is 72.8 Å². The van der Waals surface area contributed by atoms with Gasteiger partial charge in [0.05, 0.1) is 0 Å². The summed E-state index contributed by atoms with van der Waals surface area (Å²) >= 11 is 0. The van der Waals surface area contributed by atoms with E-state index in [4.69, 9.17) is 0 Å². The molecule has 4 nitrogen and oxygen atoms in total. The number of halogens is 1. The third-order valence-corrected chi connectivity index (χ3v) is 5.59. The van der Waals surface area contributed by atoms with Gasteiger partial charge in [-0.1, -0.05) is 36.4 Å². The lowest BCUT2D eigenvalue weighted by Gasteiger charge is -2.31. The molecule has 0 saturated carbocycles. The summed E-state index contributed by atoms with van der Waals surface area (Å²) in [6.07, 6.45) is 1.63. The van der Waals surface area contributed by atoms with Crippen LogP contribution in [0, 0.1) is 11.7 Å². The second-order valence-corrected chi connectivity index (χ2v) is 7.80. The standard InChI is InChI=1S/C25H25FN2O2/c26-22-5-1-3-20(15-22)21-4-2-6-23(16-21)27-25(30)19-11-13-28(14-12-19)17-18-7-9-24(29)10-8-18/h1-10,15-16,19,29H,11-14,17H2,(H,27,30). The van der Waals surface area contributed by atoms with E-state index in [1.54, 1.807) is 18.2 Å². The number of benzene rings is 3. The smallest absolute Gasteiger partial charge is 0.227 e. The van der Waals surface area contributed by atoms with Crippen LogP contribution < -0.4 is 5.32 Å². The second-order valence-electron chi connectivity index (χ2n) is 7.80. The highest BCUT2D eigenvalue weighted by Gasteiger charge is 2.25. The average Bonchev–Trinajstić information content (AvgIpc) is 2.76. The lowest BCUT2D eigenvalue weighted by atomic mass is 9.95. The molecule has 1 aliphatic heterocycles. The van der Waals surface area contributed by atoms with E-state index < -0.39 is 0 Å². The van der Waals surface area contributed by atoms with E-state index in [9.17, 15) is 14.3 Å². The molecule has 0 aliphatic carbocycles. The molecule has 4 rings (SSSR count). The van der Waals surface area contributed by atoms with E-state index in [1.165, 1.54) is 12.1 Å². The molecule has 1 heterocycles. The minimum atomic E-state index is -0.277. The molecule has 0 unspecified atom stereocenters. The van der Waals surface area contributed by atoms with Crippen LogP contribution in [-0.2, 0) is 11.3 Å². The molecule has 1 amide bonds. The Morgan fingerprint density at radius 3 is 2.33 bits per heavy atom. The fraction of sp³-hybridized carbons (Fsp3) is 0.240. The van der Waals surface area contributed by atoms with Crippen molar-refractivity contribution in [1.29, 1.82) is 0 Å². The van der Waals surface area contributed by atoms with Gasteiger partial charge in [0.15, 0.2) is 0 Å². The van der Waals surface area contributed by atoms with Gasteiger partial charge >= 0.3 is 0 Å². The van der Waals surface area contributed by atoms with Crippen LogP contribution in [-0.4, -0.2) is 29.0 Å². The van der Waals surface area contributed by atoms with Crippen LogP contribution in [0.4, 0.5) is 10.1 Å². The van der Waals surface area contributed by atoms with Crippen molar-refractivity contribution in [3.05, 3.63) is 84.2 Å². The number of phenols is 1. The van der Waals surface area contributed by atoms with Crippen molar-refractivity contribution < 1.29 is 14.3 Å². The number of rotatable bonds is 5. The maximum Gasteiger partial charge on any atom is 0.227 e. The first-order chi connectivity index (χ1) is 14.6. The van der Waals surface area contributed by atoms with Crippen LogP contribution in [0.1, 0.15) is 18.4 Å². The van der Waals surface area contributed by atoms with E-state index in [-0.39, 0.29) is 23.4 Å². The molecule has 1 fully saturated rings. The van der Waals surface area contributed by atoms with Crippen LogP contribution in [0.3, 0.4) is 0 Å². The van der Waals surface area contributed by atoms with Gasteiger partial charge in [-0.2, -0.15) is 0 Å².